The van der Waals surface area contributed by atoms with Crippen LogP contribution in [-0.4, -0.2) is 12.5 Å². The molecule has 0 spiro atoms. The van der Waals surface area contributed by atoms with Crippen molar-refractivity contribution in [2.45, 2.75) is 129 Å². The molecule has 0 radical (unpaired) electrons. The van der Waals surface area contributed by atoms with Crippen LogP contribution in [0.1, 0.15) is 129 Å². The summed E-state index contributed by atoms with van der Waals surface area (Å²) in [5.41, 5.74) is 0. The predicted molar refractivity (Wildman–Crippen MR) is 123 cm³/mol. The van der Waals surface area contributed by atoms with Gasteiger partial charge < -0.3 is 5.32 Å². The van der Waals surface area contributed by atoms with Gasteiger partial charge in [-0.15, -0.1) is 18.3 Å². The summed E-state index contributed by atoms with van der Waals surface area (Å²) in [4.78, 5) is 11.4. The first-order chi connectivity index (χ1) is 13.8. The standard InChI is InChI=1S/C26H45NO/c1-3-5-6-7-8-9-10-11-12-13-14-15-16-17-18-19-20-21-22-23-24-26(28)27-25-4-2/h2H,3,5-14,17-25H2,1H3,(H,27,28). The van der Waals surface area contributed by atoms with Crippen LogP contribution >= 0.6 is 0 Å². The maximum Gasteiger partial charge on any atom is 0.220 e. The van der Waals surface area contributed by atoms with E-state index in [9.17, 15) is 4.79 Å². The van der Waals surface area contributed by atoms with Crippen molar-refractivity contribution in [1.29, 1.82) is 0 Å². The molecular formula is C26H45NO. The van der Waals surface area contributed by atoms with E-state index in [0.717, 1.165) is 25.7 Å². The largest absolute Gasteiger partial charge is 0.345 e. The molecule has 1 N–H and O–H groups in total. The summed E-state index contributed by atoms with van der Waals surface area (Å²) in [7, 11) is 0. The second kappa shape index (κ2) is 23.6. The Kier molecular flexibility index (Phi) is 22.4. The van der Waals surface area contributed by atoms with Gasteiger partial charge in [-0.2, -0.15) is 0 Å². The average molecular weight is 388 g/mol. The predicted octanol–water partition coefficient (Wildman–Crippen LogP) is 7.17. The third-order valence-corrected chi connectivity index (χ3v) is 5.12. The Balaban J connectivity index is 3.18. The highest BCUT2D eigenvalue weighted by atomic mass is 16.1. The van der Waals surface area contributed by atoms with Crippen molar-refractivity contribution >= 4 is 5.91 Å². The van der Waals surface area contributed by atoms with Crippen LogP contribution in [-0.2, 0) is 4.79 Å². The third-order valence-electron chi connectivity index (χ3n) is 5.12. The zero-order valence-electron chi connectivity index (χ0n) is 18.6. The average Bonchev–Trinajstić information content (AvgIpc) is 2.70. The minimum atomic E-state index is 0.0793. The first kappa shape index (κ1) is 26.6. The maximum atomic E-state index is 11.4. The van der Waals surface area contributed by atoms with Gasteiger partial charge in [0.25, 0.3) is 0 Å². The molecule has 0 aromatic heterocycles. The molecule has 2 heteroatoms. The van der Waals surface area contributed by atoms with E-state index in [2.05, 4.69) is 30.0 Å². The quantitative estimate of drug-likeness (QED) is 0.185. The Morgan fingerprint density at radius 3 is 1.57 bits per heavy atom. The van der Waals surface area contributed by atoms with Crippen LogP contribution < -0.4 is 5.32 Å². The molecule has 0 aromatic rings. The summed E-state index contributed by atoms with van der Waals surface area (Å²) < 4.78 is 0. The van der Waals surface area contributed by atoms with Crippen molar-refractivity contribution in [3.63, 3.8) is 0 Å². The van der Waals surface area contributed by atoms with E-state index in [4.69, 9.17) is 6.42 Å². The van der Waals surface area contributed by atoms with Crippen molar-refractivity contribution in [2.75, 3.05) is 6.54 Å². The van der Waals surface area contributed by atoms with Gasteiger partial charge in [0, 0.05) is 19.3 Å². The molecule has 0 fully saturated rings. The lowest BCUT2D eigenvalue weighted by atomic mass is 10.1. The Morgan fingerprint density at radius 1 is 0.679 bits per heavy atom. The number of carbonyl (C=O) groups excluding carboxylic acids is 1. The molecule has 0 aliphatic carbocycles. The van der Waals surface area contributed by atoms with E-state index >= 15 is 0 Å². The molecule has 1 amide bonds. The summed E-state index contributed by atoms with van der Waals surface area (Å²) in [5, 5.41) is 2.70. The number of rotatable bonds is 19. The lowest BCUT2D eigenvalue weighted by Crippen LogP contribution is -2.22. The maximum absolute atomic E-state index is 11.4. The van der Waals surface area contributed by atoms with Gasteiger partial charge in [0.15, 0.2) is 0 Å². The number of hydrogen-bond donors (Lipinski definition) is 1. The molecule has 28 heavy (non-hydrogen) atoms. The summed E-state index contributed by atoms with van der Waals surface area (Å²) in [5.74, 6) is 9.17. The Morgan fingerprint density at radius 2 is 1.11 bits per heavy atom. The van der Waals surface area contributed by atoms with Crippen LogP contribution in [0.25, 0.3) is 0 Å². The Bertz CT molecular complexity index is 438. The first-order valence-electron chi connectivity index (χ1n) is 12.0. The minimum Gasteiger partial charge on any atom is -0.345 e. The van der Waals surface area contributed by atoms with E-state index in [-0.39, 0.29) is 5.91 Å². The highest BCUT2D eigenvalue weighted by Crippen LogP contribution is 2.11. The fourth-order valence-electron chi connectivity index (χ4n) is 3.32. The summed E-state index contributed by atoms with van der Waals surface area (Å²) >= 11 is 0. The van der Waals surface area contributed by atoms with Gasteiger partial charge in [-0.05, 0) is 19.3 Å². The molecule has 2 nitrogen and oxygen atoms in total. The smallest absolute Gasteiger partial charge is 0.220 e. The summed E-state index contributed by atoms with van der Waals surface area (Å²) in [6.07, 6.45) is 28.8. The number of carbonyl (C=O) groups is 1. The van der Waals surface area contributed by atoms with E-state index in [0.29, 0.717) is 13.0 Å². The third kappa shape index (κ3) is 22.6. The molecule has 0 bridgehead atoms. The molecule has 0 saturated heterocycles. The molecule has 0 unspecified atom stereocenters. The van der Waals surface area contributed by atoms with E-state index in [1.807, 2.05) is 0 Å². The van der Waals surface area contributed by atoms with Crippen LogP contribution in [0.4, 0.5) is 0 Å². The number of terminal acetylenes is 1. The topological polar surface area (TPSA) is 29.1 Å². The van der Waals surface area contributed by atoms with Crippen LogP contribution in [0.15, 0.2) is 0 Å². The van der Waals surface area contributed by atoms with Crippen LogP contribution in [0.5, 0.6) is 0 Å². The van der Waals surface area contributed by atoms with Gasteiger partial charge in [0.2, 0.25) is 5.91 Å². The number of hydrogen-bond acceptors (Lipinski definition) is 1. The lowest BCUT2D eigenvalue weighted by Gasteiger charge is -2.02. The molecule has 0 saturated carbocycles. The Hall–Kier alpha value is -1.41. The van der Waals surface area contributed by atoms with E-state index < -0.39 is 0 Å². The van der Waals surface area contributed by atoms with Crippen molar-refractivity contribution in [3.05, 3.63) is 0 Å². The first-order valence-corrected chi connectivity index (χ1v) is 12.0. The normalized spacial score (nSPS) is 10.1. The highest BCUT2D eigenvalue weighted by molar-refractivity contribution is 5.76. The zero-order valence-corrected chi connectivity index (χ0v) is 18.6. The Labute approximate surface area is 176 Å². The van der Waals surface area contributed by atoms with Gasteiger partial charge in [-0.25, -0.2) is 0 Å². The van der Waals surface area contributed by atoms with Gasteiger partial charge in [0.1, 0.15) is 0 Å². The lowest BCUT2D eigenvalue weighted by molar-refractivity contribution is -0.120. The van der Waals surface area contributed by atoms with Crippen LogP contribution in [0.2, 0.25) is 0 Å². The van der Waals surface area contributed by atoms with Gasteiger partial charge >= 0.3 is 0 Å². The van der Waals surface area contributed by atoms with Crippen LogP contribution in [0.3, 0.4) is 0 Å². The molecule has 0 aliphatic heterocycles. The number of amides is 1. The minimum absolute atomic E-state index is 0.0793. The van der Waals surface area contributed by atoms with Crippen LogP contribution in [0, 0.1) is 24.2 Å². The van der Waals surface area contributed by atoms with Gasteiger partial charge in [-0.1, -0.05) is 96.3 Å². The molecule has 0 heterocycles. The number of nitrogens with one attached hydrogen (secondary N) is 1. The number of unbranched alkanes of at least 4 members (excludes halogenated alkanes) is 16. The molecule has 0 aliphatic rings. The van der Waals surface area contributed by atoms with E-state index in [1.54, 1.807) is 0 Å². The molecule has 0 atom stereocenters. The monoisotopic (exact) mass is 387 g/mol. The summed E-state index contributed by atoms with van der Waals surface area (Å²) in [6, 6.07) is 0. The van der Waals surface area contributed by atoms with Gasteiger partial charge in [-0.3, -0.25) is 4.79 Å². The van der Waals surface area contributed by atoms with E-state index in [1.165, 1.54) is 89.9 Å². The van der Waals surface area contributed by atoms with Crippen molar-refractivity contribution in [1.82, 2.24) is 5.32 Å². The molecular weight excluding hydrogens is 342 g/mol. The fraction of sp³-hybridized carbons (Fsp3) is 0.808. The second-order valence-electron chi connectivity index (χ2n) is 7.89. The fourth-order valence-corrected chi connectivity index (χ4v) is 3.32. The molecule has 0 rings (SSSR count). The van der Waals surface area contributed by atoms with Crippen molar-refractivity contribution in [2.24, 2.45) is 0 Å². The van der Waals surface area contributed by atoms with Crippen molar-refractivity contribution < 1.29 is 4.79 Å². The summed E-state index contributed by atoms with van der Waals surface area (Å²) in [6.45, 7) is 2.62. The SMILES string of the molecule is C#CCNC(=O)CCCCCCCCC#CCCCCCCCCCCCC. The van der Waals surface area contributed by atoms with Gasteiger partial charge in [0.05, 0.1) is 6.54 Å². The second-order valence-corrected chi connectivity index (χ2v) is 7.89. The highest BCUT2D eigenvalue weighted by Gasteiger charge is 1.99. The molecule has 160 valence electrons. The molecule has 0 aromatic carbocycles. The zero-order chi connectivity index (χ0) is 20.5. The van der Waals surface area contributed by atoms with Crippen molar-refractivity contribution in [3.8, 4) is 24.2 Å².